The fraction of sp³-hybridized carbons (Fsp3) is 0.318. The molecule has 3 rings (SSSR count). The molecule has 0 spiro atoms. The molecule has 1 N–H and O–H groups in total. The van der Waals surface area contributed by atoms with Gasteiger partial charge in [0.1, 0.15) is 16.7 Å². The van der Waals surface area contributed by atoms with Gasteiger partial charge >= 0.3 is 0 Å². The molecule has 2 aromatic rings. The molecule has 2 aromatic carbocycles. The molecule has 7 nitrogen and oxygen atoms in total. The summed E-state index contributed by atoms with van der Waals surface area (Å²) in [6.45, 7) is 4.06. The molecule has 1 atom stereocenters. The molecular formula is C22H25N3O4S. The van der Waals surface area contributed by atoms with Crippen LogP contribution in [0.4, 0.5) is 11.4 Å². The number of ether oxygens (including phenoxy) is 2. The Bertz CT molecular complexity index is 1010. The first kappa shape index (κ1) is 21.7. The average Bonchev–Trinajstić information content (AvgIpc) is 2.98. The highest BCUT2D eigenvalue weighted by molar-refractivity contribution is 8.15. The molecule has 0 bridgehead atoms. The molecule has 0 aliphatic carbocycles. The predicted molar refractivity (Wildman–Crippen MR) is 120 cm³/mol. The standard InChI is InChI=1S/C22H25N3O4S/c1-13-6-7-15(10-14(13)2)23-22-25(3)21(27)19(30-22)12-20(26)24-17-9-8-16(28-4)11-18(17)29-5/h6-11,19H,12H2,1-5H3,(H,24,26)/t19-/m0/s1. The van der Waals surface area contributed by atoms with Gasteiger partial charge in [0.15, 0.2) is 5.17 Å². The van der Waals surface area contributed by atoms with E-state index in [1.165, 1.54) is 29.3 Å². The summed E-state index contributed by atoms with van der Waals surface area (Å²) in [4.78, 5) is 31.3. The fourth-order valence-electron chi connectivity index (χ4n) is 2.97. The summed E-state index contributed by atoms with van der Waals surface area (Å²) in [5.74, 6) is 0.701. The van der Waals surface area contributed by atoms with Crippen LogP contribution < -0.4 is 14.8 Å². The van der Waals surface area contributed by atoms with Crippen molar-refractivity contribution in [3.8, 4) is 11.5 Å². The summed E-state index contributed by atoms with van der Waals surface area (Å²) >= 11 is 1.30. The lowest BCUT2D eigenvalue weighted by Gasteiger charge is -2.12. The number of carbonyl (C=O) groups excluding carboxylic acids is 2. The summed E-state index contributed by atoms with van der Waals surface area (Å²) in [5.41, 5.74) is 3.63. The molecule has 158 valence electrons. The second kappa shape index (κ2) is 9.21. The number of benzene rings is 2. The fourth-order valence-corrected chi connectivity index (χ4v) is 4.13. The van der Waals surface area contributed by atoms with E-state index in [-0.39, 0.29) is 18.2 Å². The number of hydrogen-bond acceptors (Lipinski definition) is 6. The first-order valence-corrected chi connectivity index (χ1v) is 10.3. The van der Waals surface area contributed by atoms with E-state index in [0.717, 1.165) is 11.3 Å². The van der Waals surface area contributed by atoms with E-state index in [2.05, 4.69) is 10.3 Å². The zero-order chi connectivity index (χ0) is 21.8. The normalized spacial score (nSPS) is 17.4. The van der Waals surface area contributed by atoms with Crippen molar-refractivity contribution in [3.05, 3.63) is 47.5 Å². The van der Waals surface area contributed by atoms with Gasteiger partial charge in [0.25, 0.3) is 0 Å². The lowest BCUT2D eigenvalue weighted by atomic mass is 10.1. The number of nitrogens with zero attached hydrogens (tertiary/aromatic N) is 2. The second-order valence-corrected chi connectivity index (χ2v) is 8.16. The van der Waals surface area contributed by atoms with Crippen molar-refractivity contribution in [1.82, 2.24) is 4.90 Å². The minimum atomic E-state index is -0.524. The maximum absolute atomic E-state index is 12.6. The molecule has 0 radical (unpaired) electrons. The second-order valence-electron chi connectivity index (χ2n) is 6.99. The highest BCUT2D eigenvalue weighted by Gasteiger charge is 2.37. The van der Waals surface area contributed by atoms with E-state index in [1.54, 1.807) is 32.4 Å². The number of nitrogens with one attached hydrogen (secondary N) is 1. The van der Waals surface area contributed by atoms with Crippen molar-refractivity contribution < 1.29 is 19.1 Å². The maximum Gasteiger partial charge on any atom is 0.242 e. The van der Waals surface area contributed by atoms with Crippen molar-refractivity contribution in [3.63, 3.8) is 0 Å². The lowest BCUT2D eigenvalue weighted by molar-refractivity contribution is -0.127. The van der Waals surface area contributed by atoms with Gasteiger partial charge < -0.3 is 14.8 Å². The number of hydrogen-bond donors (Lipinski definition) is 1. The highest BCUT2D eigenvalue weighted by atomic mass is 32.2. The first-order valence-electron chi connectivity index (χ1n) is 9.44. The van der Waals surface area contributed by atoms with E-state index >= 15 is 0 Å². The van der Waals surface area contributed by atoms with Gasteiger partial charge in [-0.2, -0.15) is 0 Å². The van der Waals surface area contributed by atoms with Gasteiger partial charge in [-0.1, -0.05) is 17.8 Å². The third-order valence-electron chi connectivity index (χ3n) is 4.91. The van der Waals surface area contributed by atoms with Gasteiger partial charge in [-0.25, -0.2) is 4.99 Å². The highest BCUT2D eigenvalue weighted by Crippen LogP contribution is 2.33. The number of anilines is 1. The molecule has 8 heteroatoms. The molecule has 1 saturated heterocycles. The lowest BCUT2D eigenvalue weighted by Crippen LogP contribution is -2.30. The SMILES string of the molecule is COc1ccc(NC(=O)C[C@@H]2SC(=Nc3ccc(C)c(C)c3)N(C)C2=O)c(OC)c1. The van der Waals surface area contributed by atoms with Gasteiger partial charge in [0, 0.05) is 19.5 Å². The Morgan fingerprint density at radius 3 is 2.57 bits per heavy atom. The first-order chi connectivity index (χ1) is 14.3. The van der Waals surface area contributed by atoms with Crippen LogP contribution in [0, 0.1) is 13.8 Å². The monoisotopic (exact) mass is 427 g/mol. The van der Waals surface area contributed by atoms with E-state index in [1.807, 2.05) is 32.0 Å². The third-order valence-corrected chi connectivity index (χ3v) is 6.14. The Balaban J connectivity index is 1.70. The molecule has 30 heavy (non-hydrogen) atoms. The molecule has 0 unspecified atom stereocenters. The Hall–Kier alpha value is -3.00. The minimum absolute atomic E-state index is 0.0367. The summed E-state index contributed by atoms with van der Waals surface area (Å²) in [5, 5.41) is 2.87. The van der Waals surface area contributed by atoms with Gasteiger partial charge in [-0.15, -0.1) is 0 Å². The smallest absolute Gasteiger partial charge is 0.242 e. The number of aryl methyl sites for hydroxylation is 2. The van der Waals surface area contributed by atoms with Crippen LogP contribution >= 0.6 is 11.8 Å². The van der Waals surface area contributed by atoms with Crippen molar-refractivity contribution in [2.24, 2.45) is 4.99 Å². The zero-order valence-electron chi connectivity index (χ0n) is 17.7. The number of thioether (sulfide) groups is 1. The molecule has 0 aromatic heterocycles. The number of carbonyl (C=O) groups is 2. The van der Waals surface area contributed by atoms with Crippen LogP contribution in [0.15, 0.2) is 41.4 Å². The van der Waals surface area contributed by atoms with Gasteiger partial charge in [0.05, 0.1) is 25.6 Å². The largest absolute Gasteiger partial charge is 0.497 e. The van der Waals surface area contributed by atoms with Crippen LogP contribution in [0.25, 0.3) is 0 Å². The summed E-state index contributed by atoms with van der Waals surface area (Å²) in [6.07, 6.45) is 0.0367. The molecule has 0 saturated carbocycles. The Labute approximate surface area is 180 Å². The van der Waals surface area contributed by atoms with Crippen molar-refractivity contribution >= 4 is 40.1 Å². The molecule has 1 aliphatic heterocycles. The molecule has 1 heterocycles. The number of aliphatic imine (C=N–C) groups is 1. The molecular weight excluding hydrogens is 402 g/mol. The van der Waals surface area contributed by atoms with Crippen molar-refractivity contribution in [1.29, 1.82) is 0 Å². The Kier molecular flexibility index (Phi) is 6.66. The number of amides is 2. The topological polar surface area (TPSA) is 80.2 Å². The van der Waals surface area contributed by atoms with Crippen LogP contribution in [-0.2, 0) is 9.59 Å². The number of methoxy groups -OCH3 is 2. The Morgan fingerprint density at radius 1 is 1.13 bits per heavy atom. The zero-order valence-corrected chi connectivity index (χ0v) is 18.5. The molecule has 2 amide bonds. The van der Waals surface area contributed by atoms with Crippen LogP contribution in [0.1, 0.15) is 17.5 Å². The summed E-state index contributed by atoms with van der Waals surface area (Å²) in [6, 6.07) is 11.0. The summed E-state index contributed by atoms with van der Waals surface area (Å²) < 4.78 is 10.5. The third kappa shape index (κ3) is 4.76. The van der Waals surface area contributed by atoms with E-state index < -0.39 is 5.25 Å². The van der Waals surface area contributed by atoms with Crippen molar-refractivity contribution in [2.75, 3.05) is 26.6 Å². The Morgan fingerprint density at radius 2 is 1.90 bits per heavy atom. The molecule has 1 fully saturated rings. The van der Waals surface area contributed by atoms with E-state index in [9.17, 15) is 9.59 Å². The van der Waals surface area contributed by atoms with Crippen molar-refractivity contribution in [2.45, 2.75) is 25.5 Å². The van der Waals surface area contributed by atoms with Gasteiger partial charge in [-0.05, 0) is 49.2 Å². The maximum atomic E-state index is 12.6. The number of rotatable bonds is 6. The van der Waals surface area contributed by atoms with Gasteiger partial charge in [-0.3, -0.25) is 14.5 Å². The average molecular weight is 428 g/mol. The van der Waals surface area contributed by atoms with Crippen LogP contribution in [-0.4, -0.2) is 48.4 Å². The predicted octanol–water partition coefficient (Wildman–Crippen LogP) is 3.91. The van der Waals surface area contributed by atoms with E-state index in [4.69, 9.17) is 9.47 Å². The minimum Gasteiger partial charge on any atom is -0.497 e. The summed E-state index contributed by atoms with van der Waals surface area (Å²) in [7, 11) is 4.76. The van der Waals surface area contributed by atoms with Crippen LogP contribution in [0.5, 0.6) is 11.5 Å². The number of amidine groups is 1. The van der Waals surface area contributed by atoms with Crippen LogP contribution in [0.2, 0.25) is 0 Å². The van der Waals surface area contributed by atoms with Crippen LogP contribution in [0.3, 0.4) is 0 Å². The quantitative estimate of drug-likeness (QED) is 0.756. The molecule has 1 aliphatic rings. The van der Waals surface area contributed by atoms with E-state index in [0.29, 0.717) is 22.4 Å². The van der Waals surface area contributed by atoms with Gasteiger partial charge in [0.2, 0.25) is 11.8 Å².